The molecule has 2 unspecified atom stereocenters. The molecule has 0 aromatic carbocycles. The zero-order valence-corrected chi connectivity index (χ0v) is 6.04. The van der Waals surface area contributed by atoms with E-state index in [2.05, 4.69) is 4.90 Å². The van der Waals surface area contributed by atoms with Crippen LogP contribution in [0.5, 0.6) is 0 Å². The van der Waals surface area contributed by atoms with Gasteiger partial charge in [-0.2, -0.15) is 0 Å². The van der Waals surface area contributed by atoms with E-state index in [1.165, 1.54) is 0 Å². The molecule has 0 aromatic heterocycles. The number of carbonyl (C=O) groups excluding carboxylic acids is 1. The molecule has 0 aromatic rings. The summed E-state index contributed by atoms with van der Waals surface area (Å²) in [7, 11) is 0. The second-order valence-electron chi connectivity index (χ2n) is 2.93. The van der Waals surface area contributed by atoms with Crippen molar-refractivity contribution in [3.8, 4) is 0 Å². The number of hydrogen-bond donors (Lipinski definition) is 0. The number of carbonyl (C=O) groups is 1. The van der Waals surface area contributed by atoms with Crippen LogP contribution in [0, 0.1) is 0 Å². The Balaban J connectivity index is 2.19. The van der Waals surface area contributed by atoms with Gasteiger partial charge in [0.1, 0.15) is 6.04 Å². The Morgan fingerprint density at radius 1 is 1.70 bits per heavy atom. The number of hydrogen-bond acceptors (Lipinski definition) is 3. The maximum atomic E-state index is 11.0. The molecule has 2 atom stereocenters. The smallest absolute Gasteiger partial charge is 0.325 e. The van der Waals surface area contributed by atoms with Crippen molar-refractivity contribution in [1.82, 2.24) is 4.90 Å². The summed E-state index contributed by atoms with van der Waals surface area (Å²) in [5, 5.41) is 0. The quantitative estimate of drug-likeness (QED) is 0.456. The predicted molar refractivity (Wildman–Crippen MR) is 35.3 cm³/mol. The van der Waals surface area contributed by atoms with E-state index in [1.807, 2.05) is 6.92 Å². The highest BCUT2D eigenvalue weighted by Gasteiger charge is 2.42. The molecule has 10 heavy (non-hydrogen) atoms. The second-order valence-corrected chi connectivity index (χ2v) is 2.93. The van der Waals surface area contributed by atoms with Crippen LogP contribution in [0.4, 0.5) is 0 Å². The summed E-state index contributed by atoms with van der Waals surface area (Å²) < 4.78 is 5.02. The third-order valence-corrected chi connectivity index (χ3v) is 2.32. The maximum absolute atomic E-state index is 11.0. The van der Waals surface area contributed by atoms with Crippen molar-refractivity contribution >= 4 is 5.97 Å². The monoisotopic (exact) mass is 141 g/mol. The minimum atomic E-state index is -0.0231. The number of rotatable bonds is 0. The highest BCUT2D eigenvalue weighted by atomic mass is 16.6. The summed E-state index contributed by atoms with van der Waals surface area (Å²) in [6.45, 7) is 2.96. The summed E-state index contributed by atoms with van der Waals surface area (Å²) in [5.74, 6) is -0.0231. The van der Waals surface area contributed by atoms with Crippen molar-refractivity contribution in [2.45, 2.75) is 32.0 Å². The fourth-order valence-corrected chi connectivity index (χ4v) is 1.79. The largest absolute Gasteiger partial charge is 0.445 e. The Morgan fingerprint density at radius 3 is 3.20 bits per heavy atom. The van der Waals surface area contributed by atoms with E-state index in [0.29, 0.717) is 0 Å². The van der Waals surface area contributed by atoms with Gasteiger partial charge in [0.2, 0.25) is 0 Å². The van der Waals surface area contributed by atoms with Crippen LogP contribution in [0.15, 0.2) is 0 Å². The van der Waals surface area contributed by atoms with Crippen molar-refractivity contribution in [3.05, 3.63) is 0 Å². The van der Waals surface area contributed by atoms with Crippen LogP contribution in [0.2, 0.25) is 0 Å². The first kappa shape index (κ1) is 6.16. The van der Waals surface area contributed by atoms with Gasteiger partial charge in [0.15, 0.2) is 6.23 Å². The van der Waals surface area contributed by atoms with E-state index in [4.69, 9.17) is 4.74 Å². The third kappa shape index (κ3) is 0.669. The van der Waals surface area contributed by atoms with Gasteiger partial charge in [0.25, 0.3) is 0 Å². The fourth-order valence-electron chi connectivity index (χ4n) is 1.79. The van der Waals surface area contributed by atoms with E-state index in [1.54, 1.807) is 0 Å². The zero-order chi connectivity index (χ0) is 7.14. The summed E-state index contributed by atoms with van der Waals surface area (Å²) in [6, 6.07) is 0.0926. The molecule has 0 spiro atoms. The van der Waals surface area contributed by atoms with Gasteiger partial charge in [-0.15, -0.1) is 0 Å². The molecule has 2 aliphatic rings. The standard InChI is InChI=1S/C7H11NO2/c1-5-8-4-2-3-6(8)7(9)10-5/h5-6H,2-4H2,1H3. The molecule has 2 heterocycles. The van der Waals surface area contributed by atoms with Gasteiger partial charge in [0, 0.05) is 6.54 Å². The molecule has 2 aliphatic heterocycles. The Kier molecular flexibility index (Phi) is 1.20. The van der Waals surface area contributed by atoms with E-state index in [0.717, 1.165) is 19.4 Å². The molecular formula is C7H11NO2. The first-order valence-electron chi connectivity index (χ1n) is 3.75. The van der Waals surface area contributed by atoms with Gasteiger partial charge in [-0.3, -0.25) is 9.69 Å². The van der Waals surface area contributed by atoms with Crippen LogP contribution in [0.1, 0.15) is 19.8 Å². The van der Waals surface area contributed by atoms with Crippen LogP contribution < -0.4 is 0 Å². The SMILES string of the molecule is CC1OC(=O)C2CCCN12. The minimum absolute atomic E-state index is 0.0231. The lowest BCUT2D eigenvalue weighted by Crippen LogP contribution is -2.30. The summed E-state index contributed by atoms with van der Waals surface area (Å²) in [4.78, 5) is 13.1. The van der Waals surface area contributed by atoms with E-state index < -0.39 is 0 Å². The van der Waals surface area contributed by atoms with Gasteiger partial charge in [-0.05, 0) is 19.8 Å². The summed E-state index contributed by atoms with van der Waals surface area (Å²) in [6.07, 6.45) is 2.16. The van der Waals surface area contributed by atoms with Crippen molar-refractivity contribution in [2.24, 2.45) is 0 Å². The van der Waals surface area contributed by atoms with Gasteiger partial charge in [-0.1, -0.05) is 0 Å². The van der Waals surface area contributed by atoms with Crippen molar-refractivity contribution in [1.29, 1.82) is 0 Å². The molecule has 0 saturated carbocycles. The van der Waals surface area contributed by atoms with Crippen molar-refractivity contribution < 1.29 is 9.53 Å². The zero-order valence-electron chi connectivity index (χ0n) is 6.04. The van der Waals surface area contributed by atoms with Gasteiger partial charge >= 0.3 is 5.97 Å². The molecule has 3 nitrogen and oxygen atoms in total. The molecule has 0 N–H and O–H groups in total. The van der Waals surface area contributed by atoms with Crippen molar-refractivity contribution in [3.63, 3.8) is 0 Å². The van der Waals surface area contributed by atoms with Gasteiger partial charge in [-0.25, -0.2) is 0 Å². The Hall–Kier alpha value is -0.570. The number of esters is 1. The molecule has 2 fully saturated rings. The van der Waals surface area contributed by atoms with Gasteiger partial charge < -0.3 is 4.74 Å². The first-order chi connectivity index (χ1) is 4.79. The Labute approximate surface area is 60.0 Å². The lowest BCUT2D eigenvalue weighted by Gasteiger charge is -2.14. The first-order valence-corrected chi connectivity index (χ1v) is 3.75. The van der Waals surface area contributed by atoms with Crippen LogP contribution in [0.25, 0.3) is 0 Å². The predicted octanol–water partition coefficient (Wildman–Crippen LogP) is 0.354. The number of cyclic esters (lactones) is 1. The fraction of sp³-hybridized carbons (Fsp3) is 0.857. The number of ether oxygens (including phenoxy) is 1. The molecule has 56 valence electrons. The van der Waals surface area contributed by atoms with Crippen LogP contribution >= 0.6 is 0 Å². The van der Waals surface area contributed by atoms with Crippen molar-refractivity contribution in [2.75, 3.05) is 6.54 Å². The van der Waals surface area contributed by atoms with Gasteiger partial charge in [0.05, 0.1) is 0 Å². The topological polar surface area (TPSA) is 29.5 Å². The van der Waals surface area contributed by atoms with E-state index >= 15 is 0 Å². The second kappa shape index (κ2) is 1.95. The average Bonchev–Trinajstić information content (AvgIpc) is 2.39. The Morgan fingerprint density at radius 2 is 2.50 bits per heavy atom. The minimum Gasteiger partial charge on any atom is -0.445 e. The molecule has 0 amide bonds. The highest BCUT2D eigenvalue weighted by Crippen LogP contribution is 2.27. The summed E-state index contributed by atoms with van der Waals surface area (Å²) >= 11 is 0. The summed E-state index contributed by atoms with van der Waals surface area (Å²) in [5.41, 5.74) is 0. The third-order valence-electron chi connectivity index (χ3n) is 2.32. The molecular weight excluding hydrogens is 130 g/mol. The van der Waals surface area contributed by atoms with Crippen LogP contribution in [0.3, 0.4) is 0 Å². The molecule has 0 aliphatic carbocycles. The lowest BCUT2D eigenvalue weighted by molar-refractivity contribution is -0.142. The molecule has 2 rings (SSSR count). The molecule has 2 saturated heterocycles. The molecule has 0 radical (unpaired) electrons. The lowest BCUT2D eigenvalue weighted by atomic mass is 10.2. The Bertz CT molecular complexity index is 169. The number of nitrogens with zero attached hydrogens (tertiary/aromatic N) is 1. The normalized spacial score (nSPS) is 39.9. The number of fused-ring (bicyclic) bond motifs is 1. The molecule has 3 heteroatoms. The van der Waals surface area contributed by atoms with Crippen LogP contribution in [-0.4, -0.2) is 29.7 Å². The highest BCUT2D eigenvalue weighted by molar-refractivity contribution is 5.78. The van der Waals surface area contributed by atoms with E-state index in [9.17, 15) is 4.79 Å². The average molecular weight is 141 g/mol. The van der Waals surface area contributed by atoms with E-state index in [-0.39, 0.29) is 18.2 Å². The maximum Gasteiger partial charge on any atom is 0.325 e. The molecule has 0 bridgehead atoms. The van der Waals surface area contributed by atoms with Crippen LogP contribution in [-0.2, 0) is 9.53 Å².